The predicted octanol–water partition coefficient (Wildman–Crippen LogP) is 3.26. The minimum absolute atomic E-state index is 0.518. The van der Waals surface area contributed by atoms with Crippen molar-refractivity contribution in [2.24, 2.45) is 5.92 Å². The third-order valence-electron chi connectivity index (χ3n) is 4.30. The molecule has 1 rings (SSSR count). The summed E-state index contributed by atoms with van der Waals surface area (Å²) >= 11 is 0. The van der Waals surface area contributed by atoms with Gasteiger partial charge >= 0.3 is 0 Å². The summed E-state index contributed by atoms with van der Waals surface area (Å²) in [7, 11) is 0. The average molecular weight is 228 g/mol. The molecular formula is C14H28O2. The average Bonchev–Trinajstić information content (AvgIpc) is 2.51. The number of aliphatic hydroxyl groups is 2. The van der Waals surface area contributed by atoms with Crippen LogP contribution in [0.25, 0.3) is 0 Å². The Labute approximate surface area is 100 Å². The van der Waals surface area contributed by atoms with Gasteiger partial charge in [0.05, 0.1) is 11.7 Å². The van der Waals surface area contributed by atoms with Gasteiger partial charge in [-0.3, -0.25) is 0 Å². The first-order chi connectivity index (χ1) is 7.62. The molecule has 1 unspecified atom stereocenters. The van der Waals surface area contributed by atoms with Crippen LogP contribution in [0.2, 0.25) is 0 Å². The molecule has 1 aliphatic carbocycles. The summed E-state index contributed by atoms with van der Waals surface area (Å²) in [6, 6.07) is 0. The van der Waals surface area contributed by atoms with Crippen LogP contribution in [0.4, 0.5) is 0 Å². The molecule has 1 saturated carbocycles. The lowest BCUT2D eigenvalue weighted by Crippen LogP contribution is -2.42. The van der Waals surface area contributed by atoms with Gasteiger partial charge in [-0.1, -0.05) is 52.4 Å². The molecule has 0 aromatic rings. The summed E-state index contributed by atoms with van der Waals surface area (Å²) in [5.41, 5.74) is -0.793. The maximum absolute atomic E-state index is 10.5. The molecule has 0 saturated heterocycles. The van der Waals surface area contributed by atoms with Crippen LogP contribution in [0.3, 0.4) is 0 Å². The van der Waals surface area contributed by atoms with E-state index in [1.807, 2.05) is 0 Å². The van der Waals surface area contributed by atoms with Crippen LogP contribution in [0.15, 0.2) is 0 Å². The summed E-state index contributed by atoms with van der Waals surface area (Å²) < 4.78 is 0. The molecule has 0 aliphatic heterocycles. The van der Waals surface area contributed by atoms with Crippen molar-refractivity contribution in [1.29, 1.82) is 0 Å². The summed E-state index contributed by atoms with van der Waals surface area (Å²) in [6.07, 6.45) is 8.57. The van der Waals surface area contributed by atoms with Crippen molar-refractivity contribution in [3.05, 3.63) is 0 Å². The van der Waals surface area contributed by atoms with Gasteiger partial charge < -0.3 is 10.2 Å². The monoisotopic (exact) mass is 228 g/mol. The van der Waals surface area contributed by atoms with Crippen LogP contribution < -0.4 is 0 Å². The molecule has 1 aliphatic rings. The topological polar surface area (TPSA) is 40.5 Å². The molecule has 1 atom stereocenters. The number of hydrogen-bond donors (Lipinski definition) is 2. The summed E-state index contributed by atoms with van der Waals surface area (Å²) in [5, 5.41) is 20.8. The highest BCUT2D eigenvalue weighted by Crippen LogP contribution is 2.33. The predicted molar refractivity (Wildman–Crippen MR) is 67.3 cm³/mol. The maximum atomic E-state index is 10.5. The van der Waals surface area contributed by atoms with Gasteiger partial charge in [-0.05, 0) is 25.2 Å². The van der Waals surface area contributed by atoms with Crippen molar-refractivity contribution < 1.29 is 10.2 Å². The fourth-order valence-electron chi connectivity index (χ4n) is 2.83. The Balaban J connectivity index is 2.51. The van der Waals surface area contributed by atoms with Gasteiger partial charge in [0.15, 0.2) is 0 Å². The van der Waals surface area contributed by atoms with Gasteiger partial charge in [-0.15, -0.1) is 0 Å². The molecule has 1 fully saturated rings. The van der Waals surface area contributed by atoms with Crippen molar-refractivity contribution >= 4 is 0 Å². The number of hydrogen-bond acceptors (Lipinski definition) is 2. The minimum atomic E-state index is -0.793. The van der Waals surface area contributed by atoms with E-state index in [2.05, 4.69) is 13.8 Å². The smallest absolute Gasteiger partial charge is 0.0905 e. The Kier molecular flexibility index (Phi) is 5.77. The van der Waals surface area contributed by atoms with Gasteiger partial charge in [0.2, 0.25) is 0 Å². The summed E-state index contributed by atoms with van der Waals surface area (Å²) in [4.78, 5) is 0. The first-order valence-corrected chi connectivity index (χ1v) is 7.02. The summed E-state index contributed by atoms with van der Waals surface area (Å²) in [5.74, 6) is 0.558. The third-order valence-corrected chi connectivity index (χ3v) is 4.30. The normalized spacial score (nSPS) is 23.1. The van der Waals surface area contributed by atoms with Crippen LogP contribution in [0.5, 0.6) is 0 Å². The van der Waals surface area contributed by atoms with E-state index in [1.165, 1.54) is 12.8 Å². The van der Waals surface area contributed by atoms with Gasteiger partial charge in [-0.25, -0.2) is 0 Å². The van der Waals surface area contributed by atoms with Gasteiger partial charge in [0, 0.05) is 0 Å². The lowest BCUT2D eigenvalue weighted by molar-refractivity contribution is -0.0932. The SMILES string of the molecule is CCC(CC)CC(O)C1(O)CCCCCC1. The highest BCUT2D eigenvalue weighted by atomic mass is 16.3. The number of aliphatic hydroxyl groups excluding tert-OH is 1. The van der Waals surface area contributed by atoms with E-state index in [9.17, 15) is 10.2 Å². The van der Waals surface area contributed by atoms with E-state index >= 15 is 0 Å². The second-order valence-electron chi connectivity index (χ2n) is 5.45. The molecule has 2 heteroatoms. The van der Waals surface area contributed by atoms with E-state index < -0.39 is 11.7 Å². The van der Waals surface area contributed by atoms with Crippen LogP contribution in [0, 0.1) is 5.92 Å². The van der Waals surface area contributed by atoms with Crippen LogP contribution in [-0.2, 0) is 0 Å². The quantitative estimate of drug-likeness (QED) is 0.709. The molecule has 2 N–H and O–H groups in total. The molecule has 96 valence electrons. The lowest BCUT2D eigenvalue weighted by atomic mass is 9.82. The summed E-state index contributed by atoms with van der Waals surface area (Å²) in [6.45, 7) is 4.33. The first-order valence-electron chi connectivity index (χ1n) is 7.02. The van der Waals surface area contributed by atoms with E-state index in [-0.39, 0.29) is 0 Å². The van der Waals surface area contributed by atoms with E-state index in [0.717, 1.165) is 44.9 Å². The number of rotatable bonds is 5. The van der Waals surface area contributed by atoms with E-state index in [4.69, 9.17) is 0 Å². The molecule has 2 nitrogen and oxygen atoms in total. The van der Waals surface area contributed by atoms with Crippen molar-refractivity contribution in [2.45, 2.75) is 83.3 Å². The fourth-order valence-corrected chi connectivity index (χ4v) is 2.83. The second kappa shape index (κ2) is 6.61. The molecule has 0 heterocycles. The van der Waals surface area contributed by atoms with Crippen LogP contribution in [-0.4, -0.2) is 21.9 Å². The third kappa shape index (κ3) is 3.74. The van der Waals surface area contributed by atoms with Crippen molar-refractivity contribution in [2.75, 3.05) is 0 Å². The van der Waals surface area contributed by atoms with E-state index in [0.29, 0.717) is 5.92 Å². The van der Waals surface area contributed by atoms with Crippen molar-refractivity contribution in [3.63, 3.8) is 0 Å². The van der Waals surface area contributed by atoms with Crippen molar-refractivity contribution in [1.82, 2.24) is 0 Å². The Bertz CT molecular complexity index is 179. The highest BCUT2D eigenvalue weighted by Gasteiger charge is 2.36. The Morgan fingerprint density at radius 3 is 1.94 bits per heavy atom. The first kappa shape index (κ1) is 14.0. The van der Waals surface area contributed by atoms with Gasteiger partial charge in [-0.2, -0.15) is 0 Å². The molecule has 16 heavy (non-hydrogen) atoms. The zero-order valence-corrected chi connectivity index (χ0v) is 10.9. The Hall–Kier alpha value is -0.0800. The molecule has 0 amide bonds. The molecule has 0 radical (unpaired) electrons. The second-order valence-corrected chi connectivity index (χ2v) is 5.45. The fraction of sp³-hybridized carbons (Fsp3) is 1.00. The van der Waals surface area contributed by atoms with Crippen LogP contribution in [0.1, 0.15) is 71.6 Å². The largest absolute Gasteiger partial charge is 0.390 e. The molecule has 0 spiro atoms. The van der Waals surface area contributed by atoms with Gasteiger partial charge in [0.1, 0.15) is 0 Å². The van der Waals surface area contributed by atoms with Crippen molar-refractivity contribution in [3.8, 4) is 0 Å². The zero-order valence-electron chi connectivity index (χ0n) is 10.9. The highest BCUT2D eigenvalue weighted by molar-refractivity contribution is 4.89. The van der Waals surface area contributed by atoms with Crippen LogP contribution >= 0.6 is 0 Å². The Morgan fingerprint density at radius 1 is 1.00 bits per heavy atom. The molecule has 0 aromatic carbocycles. The lowest BCUT2D eigenvalue weighted by Gasteiger charge is -2.34. The molecular weight excluding hydrogens is 200 g/mol. The molecule has 0 aromatic heterocycles. The molecule has 0 bridgehead atoms. The minimum Gasteiger partial charge on any atom is -0.390 e. The van der Waals surface area contributed by atoms with E-state index in [1.54, 1.807) is 0 Å². The Morgan fingerprint density at radius 2 is 1.50 bits per heavy atom. The zero-order chi connectivity index (χ0) is 12.0. The van der Waals surface area contributed by atoms with Gasteiger partial charge in [0.25, 0.3) is 0 Å². The standard InChI is InChI=1S/C14H28O2/c1-3-12(4-2)11-13(15)14(16)9-7-5-6-8-10-14/h12-13,15-16H,3-11H2,1-2H3. The maximum Gasteiger partial charge on any atom is 0.0905 e.